The summed E-state index contributed by atoms with van der Waals surface area (Å²) in [6.45, 7) is 6.43. The largest absolute Gasteiger partial charge is 0.497 e. The van der Waals surface area contributed by atoms with Crippen LogP contribution in [0, 0.1) is 0 Å². The summed E-state index contributed by atoms with van der Waals surface area (Å²) in [7, 11) is 1.64. The molecule has 2 heterocycles. The smallest absolute Gasteiger partial charge is 0.254 e. The van der Waals surface area contributed by atoms with E-state index in [1.165, 1.54) is 0 Å². The molecule has 194 valence electrons. The van der Waals surface area contributed by atoms with Crippen LogP contribution < -0.4 is 9.64 Å². The number of carbonyl (C=O) groups is 2. The second-order valence-corrected chi connectivity index (χ2v) is 9.51. The molecule has 2 aromatic carbocycles. The minimum Gasteiger partial charge on any atom is -0.497 e. The Morgan fingerprint density at radius 1 is 1.03 bits per heavy atom. The number of nitrogens with zero attached hydrogens (tertiary/aromatic N) is 5. The first-order chi connectivity index (χ1) is 17.9. The molecule has 8 nitrogen and oxygen atoms in total. The van der Waals surface area contributed by atoms with E-state index >= 15 is 0 Å². The molecule has 1 saturated heterocycles. The minimum atomic E-state index is -0.163. The van der Waals surface area contributed by atoms with Gasteiger partial charge in [0.2, 0.25) is 5.91 Å². The van der Waals surface area contributed by atoms with Gasteiger partial charge >= 0.3 is 0 Å². The normalized spacial score (nSPS) is 14.3. The summed E-state index contributed by atoms with van der Waals surface area (Å²) < 4.78 is 5.29. The van der Waals surface area contributed by atoms with Crippen molar-refractivity contribution in [2.24, 2.45) is 0 Å². The number of hydrogen-bond acceptors (Lipinski definition) is 6. The number of halogens is 1. The maximum Gasteiger partial charge on any atom is 0.254 e. The lowest BCUT2D eigenvalue weighted by Gasteiger charge is -2.37. The Kier molecular flexibility index (Phi) is 8.61. The standard InChI is InChI=1S/C28H32ClN5O3/c1-4-20(2)34(28(36)21-8-10-23(29)11-9-21)19-27(35)33-16-14-32(15-17-33)26-13-12-25(30-31-26)22-6-5-7-24(18-22)37-3/h5-13,18,20H,4,14-17,19H2,1-3H3. The molecule has 0 spiro atoms. The highest BCUT2D eigenvalue weighted by molar-refractivity contribution is 6.30. The number of hydrogen-bond donors (Lipinski definition) is 0. The number of benzene rings is 2. The molecule has 9 heteroatoms. The number of amides is 2. The zero-order valence-corrected chi connectivity index (χ0v) is 22.2. The number of piperazine rings is 1. The van der Waals surface area contributed by atoms with Gasteiger partial charge in [0.1, 0.15) is 12.3 Å². The van der Waals surface area contributed by atoms with Crippen LogP contribution in [0.3, 0.4) is 0 Å². The number of ether oxygens (including phenoxy) is 1. The van der Waals surface area contributed by atoms with E-state index in [0.717, 1.165) is 29.2 Å². The van der Waals surface area contributed by atoms with Gasteiger partial charge in [0.05, 0.1) is 12.8 Å². The fraction of sp³-hybridized carbons (Fsp3) is 0.357. The molecule has 1 aromatic heterocycles. The summed E-state index contributed by atoms with van der Waals surface area (Å²) in [4.78, 5) is 31.9. The van der Waals surface area contributed by atoms with E-state index in [4.69, 9.17) is 16.3 Å². The van der Waals surface area contributed by atoms with Crippen molar-refractivity contribution < 1.29 is 14.3 Å². The van der Waals surface area contributed by atoms with Gasteiger partial charge in [0.25, 0.3) is 5.91 Å². The van der Waals surface area contributed by atoms with E-state index in [0.29, 0.717) is 36.8 Å². The predicted molar refractivity (Wildman–Crippen MR) is 145 cm³/mol. The molecule has 0 bridgehead atoms. The molecule has 0 N–H and O–H groups in total. The quantitative estimate of drug-likeness (QED) is 0.437. The molecule has 1 fully saturated rings. The lowest BCUT2D eigenvalue weighted by molar-refractivity contribution is -0.132. The number of anilines is 1. The third-order valence-electron chi connectivity index (χ3n) is 6.75. The Bertz CT molecular complexity index is 1210. The van der Waals surface area contributed by atoms with Gasteiger partial charge in [-0.3, -0.25) is 9.59 Å². The monoisotopic (exact) mass is 521 g/mol. The van der Waals surface area contributed by atoms with E-state index < -0.39 is 0 Å². The Hall–Kier alpha value is -3.65. The summed E-state index contributed by atoms with van der Waals surface area (Å²) in [5.74, 6) is 1.33. The van der Waals surface area contributed by atoms with Gasteiger partial charge in [-0.25, -0.2) is 0 Å². The summed E-state index contributed by atoms with van der Waals surface area (Å²) >= 11 is 5.97. The van der Waals surface area contributed by atoms with E-state index in [2.05, 4.69) is 15.1 Å². The van der Waals surface area contributed by atoms with Crippen LogP contribution in [0.4, 0.5) is 5.82 Å². The second-order valence-electron chi connectivity index (χ2n) is 9.07. The zero-order chi connectivity index (χ0) is 26.4. The van der Waals surface area contributed by atoms with Gasteiger partial charge in [-0.15, -0.1) is 10.2 Å². The highest BCUT2D eigenvalue weighted by Crippen LogP contribution is 2.23. The lowest BCUT2D eigenvalue weighted by Crippen LogP contribution is -2.53. The second kappa shape index (κ2) is 12.1. The summed E-state index contributed by atoms with van der Waals surface area (Å²) in [6.07, 6.45) is 0.755. The first-order valence-corrected chi connectivity index (χ1v) is 12.8. The number of methoxy groups -OCH3 is 1. The highest BCUT2D eigenvalue weighted by Gasteiger charge is 2.28. The summed E-state index contributed by atoms with van der Waals surface area (Å²) in [6, 6.07) is 18.3. The lowest BCUT2D eigenvalue weighted by atomic mass is 10.1. The van der Waals surface area contributed by atoms with Crippen LogP contribution in [-0.4, -0.2) is 77.7 Å². The third-order valence-corrected chi connectivity index (χ3v) is 7.00. The average Bonchev–Trinajstić information content (AvgIpc) is 2.95. The van der Waals surface area contributed by atoms with Gasteiger partial charge in [-0.2, -0.15) is 0 Å². The zero-order valence-electron chi connectivity index (χ0n) is 21.4. The van der Waals surface area contributed by atoms with Crippen molar-refractivity contribution in [2.45, 2.75) is 26.3 Å². The minimum absolute atomic E-state index is 0.0471. The summed E-state index contributed by atoms with van der Waals surface area (Å²) in [5.41, 5.74) is 2.23. The molecule has 1 aliphatic rings. The molecule has 4 rings (SSSR count). The van der Waals surface area contributed by atoms with Crippen molar-refractivity contribution in [1.82, 2.24) is 20.0 Å². The molecule has 0 radical (unpaired) electrons. The average molecular weight is 522 g/mol. The maximum atomic E-state index is 13.2. The van der Waals surface area contributed by atoms with Gasteiger partial charge in [0, 0.05) is 48.4 Å². The predicted octanol–water partition coefficient (Wildman–Crippen LogP) is 4.40. The van der Waals surface area contributed by atoms with Crippen LogP contribution in [0.2, 0.25) is 5.02 Å². The van der Waals surface area contributed by atoms with Crippen LogP contribution in [-0.2, 0) is 4.79 Å². The van der Waals surface area contributed by atoms with Crippen molar-refractivity contribution in [2.75, 3.05) is 44.7 Å². The first kappa shape index (κ1) is 26.4. The van der Waals surface area contributed by atoms with Crippen molar-refractivity contribution in [3.05, 3.63) is 71.2 Å². The number of rotatable bonds is 8. The van der Waals surface area contributed by atoms with Crippen LogP contribution in [0.5, 0.6) is 5.75 Å². The van der Waals surface area contributed by atoms with Crippen LogP contribution in [0.25, 0.3) is 11.3 Å². The Morgan fingerprint density at radius 3 is 2.38 bits per heavy atom. The highest BCUT2D eigenvalue weighted by atomic mass is 35.5. The SMILES string of the molecule is CCC(C)N(CC(=O)N1CCN(c2ccc(-c3cccc(OC)c3)nn2)CC1)C(=O)c1ccc(Cl)cc1. The van der Waals surface area contributed by atoms with Crippen molar-refractivity contribution in [3.8, 4) is 17.0 Å². The number of aromatic nitrogens is 2. The maximum absolute atomic E-state index is 13.2. The molecule has 0 saturated carbocycles. The van der Waals surface area contributed by atoms with E-state index in [1.54, 1.807) is 36.3 Å². The molecule has 1 unspecified atom stereocenters. The Labute approximate surface area is 222 Å². The van der Waals surface area contributed by atoms with Gasteiger partial charge < -0.3 is 19.4 Å². The topological polar surface area (TPSA) is 78.9 Å². The molecule has 0 aliphatic carbocycles. The Balaban J connectivity index is 1.36. The van der Waals surface area contributed by atoms with Gasteiger partial charge in [-0.1, -0.05) is 30.7 Å². The molecule has 3 aromatic rings. The fourth-order valence-electron chi connectivity index (χ4n) is 4.27. The van der Waals surface area contributed by atoms with E-state index in [1.807, 2.05) is 55.1 Å². The first-order valence-electron chi connectivity index (χ1n) is 12.5. The van der Waals surface area contributed by atoms with Crippen LogP contribution in [0.1, 0.15) is 30.6 Å². The van der Waals surface area contributed by atoms with Crippen LogP contribution in [0.15, 0.2) is 60.7 Å². The van der Waals surface area contributed by atoms with Crippen molar-refractivity contribution in [3.63, 3.8) is 0 Å². The number of carbonyl (C=O) groups excluding carboxylic acids is 2. The molecular weight excluding hydrogens is 490 g/mol. The fourth-order valence-corrected chi connectivity index (χ4v) is 4.39. The van der Waals surface area contributed by atoms with Gasteiger partial charge in [0.15, 0.2) is 5.82 Å². The molecule has 2 amide bonds. The van der Waals surface area contributed by atoms with E-state index in [9.17, 15) is 9.59 Å². The van der Waals surface area contributed by atoms with Gasteiger partial charge in [-0.05, 0) is 61.9 Å². The Morgan fingerprint density at radius 2 is 1.76 bits per heavy atom. The molecular formula is C28H32ClN5O3. The molecule has 1 atom stereocenters. The van der Waals surface area contributed by atoms with E-state index in [-0.39, 0.29) is 24.4 Å². The van der Waals surface area contributed by atoms with Crippen molar-refractivity contribution >= 4 is 29.2 Å². The molecule has 37 heavy (non-hydrogen) atoms. The summed E-state index contributed by atoms with van der Waals surface area (Å²) in [5, 5.41) is 9.38. The molecule has 1 aliphatic heterocycles. The third kappa shape index (κ3) is 6.38. The van der Waals surface area contributed by atoms with Crippen LogP contribution >= 0.6 is 11.6 Å². The van der Waals surface area contributed by atoms with Crippen molar-refractivity contribution in [1.29, 1.82) is 0 Å².